The van der Waals surface area contributed by atoms with Crippen molar-refractivity contribution < 1.29 is 15.0 Å². The molecule has 0 saturated carbocycles. The van der Waals surface area contributed by atoms with E-state index in [1.165, 1.54) is 17.8 Å². The third kappa shape index (κ3) is 12.1. The van der Waals surface area contributed by atoms with Crippen molar-refractivity contribution in [3.8, 4) is 11.5 Å². The zero-order chi connectivity index (χ0) is 43.3. The zero-order valence-corrected chi connectivity index (χ0v) is 35.7. The van der Waals surface area contributed by atoms with Gasteiger partial charge in [0.1, 0.15) is 11.5 Å². The fraction of sp³-hybridized carbons (Fsp3) is 0.196. The van der Waals surface area contributed by atoms with E-state index in [-0.39, 0.29) is 23.6 Å². The standard InChI is InChI=1S/C23H20Cl2N4O.C16H16Cl2N2O.C7H4N2O/c1-26-18-6-7-19(27-13-18)14-28-10-11-29(22-9-8-20(30)12-21(22)25)23(15-28)16-2-4-17(24)5-3-16;17-12-3-1-11(2-4-12)16-10-19-7-8-20(16)15-6-5-13(21)9-14(15)18;1-8-6-2-3-7(5-10)9-4-6/h2-9,12-13,23,30H,10-11,14-15H2;1-6,9,16,19,21H,7-8,10H2;2-5H/t23-;16-;/m00./s1. The molecule has 2 atom stereocenters. The van der Waals surface area contributed by atoms with Crippen molar-refractivity contribution >= 4 is 75.4 Å². The summed E-state index contributed by atoms with van der Waals surface area (Å²) >= 11 is 24.8. The van der Waals surface area contributed by atoms with Gasteiger partial charge in [-0.2, -0.15) is 0 Å². The van der Waals surface area contributed by atoms with Crippen LogP contribution >= 0.6 is 46.4 Å². The first kappa shape index (κ1) is 44.7. The molecule has 61 heavy (non-hydrogen) atoms. The van der Waals surface area contributed by atoms with Crippen LogP contribution in [-0.2, 0) is 6.54 Å². The van der Waals surface area contributed by atoms with Gasteiger partial charge in [-0.15, -0.1) is 0 Å². The Morgan fingerprint density at radius 2 is 1.21 bits per heavy atom. The van der Waals surface area contributed by atoms with Crippen molar-refractivity contribution in [3.05, 3.63) is 187 Å². The lowest BCUT2D eigenvalue weighted by Crippen LogP contribution is -2.48. The number of pyridine rings is 2. The van der Waals surface area contributed by atoms with Crippen LogP contribution in [0.3, 0.4) is 0 Å². The smallest absolute Gasteiger partial charge is 0.205 e. The van der Waals surface area contributed by atoms with E-state index in [0.717, 1.165) is 66.9 Å². The van der Waals surface area contributed by atoms with Gasteiger partial charge in [-0.3, -0.25) is 19.7 Å². The van der Waals surface area contributed by atoms with E-state index in [0.29, 0.717) is 45.0 Å². The minimum atomic E-state index is 0.0700. The number of halogens is 4. The predicted octanol–water partition coefficient (Wildman–Crippen LogP) is 11.0. The molecular weight excluding hydrogens is 854 g/mol. The van der Waals surface area contributed by atoms with Gasteiger partial charge in [0.2, 0.25) is 11.4 Å². The monoisotopic (exact) mass is 892 g/mol. The fourth-order valence-corrected chi connectivity index (χ4v) is 7.83. The van der Waals surface area contributed by atoms with Crippen LogP contribution in [-0.4, -0.2) is 70.6 Å². The number of hydrogen-bond acceptors (Lipinski definition) is 9. The molecule has 2 aliphatic rings. The van der Waals surface area contributed by atoms with Crippen molar-refractivity contribution in [2.75, 3.05) is 49.1 Å². The van der Waals surface area contributed by atoms with E-state index >= 15 is 0 Å². The summed E-state index contributed by atoms with van der Waals surface area (Å²) in [7, 11) is 0. The second-order valence-corrected chi connectivity index (χ2v) is 15.7. The number of rotatable bonds is 7. The van der Waals surface area contributed by atoms with Gasteiger partial charge in [0.05, 0.1) is 58.0 Å². The third-order valence-corrected chi connectivity index (χ3v) is 11.2. The maximum absolute atomic E-state index is 10.1. The van der Waals surface area contributed by atoms with Gasteiger partial charge in [-0.25, -0.2) is 9.69 Å². The van der Waals surface area contributed by atoms with E-state index in [9.17, 15) is 15.0 Å². The average Bonchev–Trinajstić information content (AvgIpc) is 3.28. The summed E-state index contributed by atoms with van der Waals surface area (Å²) in [5.74, 6) is 0.335. The number of nitrogens with zero attached hydrogens (tertiary/aromatic N) is 7. The van der Waals surface area contributed by atoms with Crippen LogP contribution in [0.4, 0.5) is 22.7 Å². The number of aromatic hydroxyl groups is 2. The number of hydrogen-bond donors (Lipinski definition) is 3. The molecular formula is C46H40Cl4N8O3. The van der Waals surface area contributed by atoms with E-state index in [1.807, 2.05) is 66.7 Å². The summed E-state index contributed by atoms with van der Waals surface area (Å²) in [4.78, 5) is 31.6. The van der Waals surface area contributed by atoms with Crippen LogP contribution in [0.15, 0.2) is 122 Å². The topological polar surface area (TPSA) is 114 Å². The van der Waals surface area contributed by atoms with Crippen LogP contribution in [0.25, 0.3) is 9.69 Å². The van der Waals surface area contributed by atoms with Gasteiger partial charge in [0.25, 0.3) is 0 Å². The van der Waals surface area contributed by atoms with Crippen molar-refractivity contribution in [1.82, 2.24) is 20.2 Å². The van der Waals surface area contributed by atoms with Crippen LogP contribution in [0.1, 0.15) is 39.4 Å². The molecule has 8 rings (SSSR count). The minimum Gasteiger partial charge on any atom is -0.508 e. The number of aldehydes is 1. The quantitative estimate of drug-likeness (QED) is 0.106. The number of phenolic OH excluding ortho intramolecular Hbond substituents is 2. The molecule has 0 spiro atoms. The Morgan fingerprint density at radius 1 is 0.672 bits per heavy atom. The Hall–Kier alpha value is -5.89. The fourth-order valence-electron chi connectivity index (χ4n) is 7.01. The van der Waals surface area contributed by atoms with Crippen molar-refractivity contribution in [2.24, 2.45) is 0 Å². The molecule has 2 aliphatic heterocycles. The molecule has 6 aromatic rings. The van der Waals surface area contributed by atoms with E-state index in [4.69, 9.17) is 59.5 Å². The van der Waals surface area contributed by atoms with Crippen molar-refractivity contribution in [2.45, 2.75) is 18.6 Å². The highest BCUT2D eigenvalue weighted by molar-refractivity contribution is 6.34. The molecule has 2 saturated heterocycles. The molecule has 4 aromatic carbocycles. The Bertz CT molecular complexity index is 2480. The molecule has 4 heterocycles. The Balaban J connectivity index is 0.000000173. The second-order valence-electron chi connectivity index (χ2n) is 14.0. The SMILES string of the molecule is Oc1ccc(N2CCNC[C@H]2c2ccc(Cl)cc2)c(Cl)c1.[C-]#[N+]c1ccc(C=O)nc1.[C-]#[N+]c1ccc(CN2CCN(c3ccc(O)cc3Cl)[C@H](c3ccc(Cl)cc3)C2)nc1. The summed E-state index contributed by atoms with van der Waals surface area (Å²) in [6.45, 7) is 19.4. The largest absolute Gasteiger partial charge is 0.508 e. The van der Waals surface area contributed by atoms with Gasteiger partial charge >= 0.3 is 0 Å². The maximum atomic E-state index is 10.1. The van der Waals surface area contributed by atoms with Crippen LogP contribution in [0.2, 0.25) is 20.1 Å². The number of anilines is 2. The Morgan fingerprint density at radius 3 is 1.70 bits per heavy atom. The number of aromatic nitrogens is 2. The molecule has 11 nitrogen and oxygen atoms in total. The molecule has 2 aromatic heterocycles. The molecule has 0 amide bonds. The first-order valence-corrected chi connectivity index (χ1v) is 20.6. The lowest BCUT2D eigenvalue weighted by molar-refractivity contribution is 0.111. The van der Waals surface area contributed by atoms with Crippen molar-refractivity contribution in [3.63, 3.8) is 0 Å². The second kappa shape index (κ2) is 21.6. The molecule has 2 fully saturated rings. The molecule has 0 bridgehead atoms. The van der Waals surface area contributed by atoms with Gasteiger partial charge in [0, 0.05) is 80.4 Å². The van der Waals surface area contributed by atoms with E-state index in [1.54, 1.807) is 42.6 Å². The summed E-state index contributed by atoms with van der Waals surface area (Å²) in [6.07, 6.45) is 3.63. The van der Waals surface area contributed by atoms with Crippen LogP contribution in [0, 0.1) is 13.1 Å². The Kier molecular flexibility index (Phi) is 15.8. The molecule has 310 valence electrons. The van der Waals surface area contributed by atoms with Gasteiger partial charge in [0.15, 0.2) is 6.29 Å². The highest BCUT2D eigenvalue weighted by atomic mass is 35.5. The summed E-state index contributed by atoms with van der Waals surface area (Å²) < 4.78 is 0. The predicted molar refractivity (Wildman–Crippen MR) is 244 cm³/mol. The highest BCUT2D eigenvalue weighted by Crippen LogP contribution is 2.38. The number of benzene rings is 4. The third-order valence-electron chi connectivity index (χ3n) is 10.0. The van der Waals surface area contributed by atoms with E-state index < -0.39 is 0 Å². The summed E-state index contributed by atoms with van der Waals surface area (Å²) in [5.41, 5.74) is 6.46. The van der Waals surface area contributed by atoms with E-state index in [2.05, 4.69) is 39.7 Å². The average molecular weight is 895 g/mol. The minimum absolute atomic E-state index is 0.0700. The first-order chi connectivity index (χ1) is 29.5. The number of phenols is 2. The summed E-state index contributed by atoms with van der Waals surface area (Å²) in [5, 5.41) is 25.2. The number of carbonyl (C=O) groups is 1. The molecule has 3 N–H and O–H groups in total. The number of nitrogens with one attached hydrogen (secondary N) is 1. The lowest BCUT2D eigenvalue weighted by atomic mass is 10.0. The molecule has 0 aliphatic carbocycles. The molecule has 15 heteroatoms. The van der Waals surface area contributed by atoms with Gasteiger partial charge < -0.3 is 25.3 Å². The number of piperazine rings is 2. The van der Waals surface area contributed by atoms with Crippen molar-refractivity contribution in [1.29, 1.82) is 0 Å². The summed E-state index contributed by atoms with van der Waals surface area (Å²) in [6, 6.07) is 33.0. The first-order valence-electron chi connectivity index (χ1n) is 19.1. The number of carbonyl (C=O) groups excluding carboxylic acids is 1. The van der Waals surface area contributed by atoms with Crippen LogP contribution < -0.4 is 15.1 Å². The maximum Gasteiger partial charge on any atom is 0.205 e. The lowest BCUT2D eigenvalue weighted by Gasteiger charge is -2.43. The normalized spacial score (nSPS) is 16.2. The van der Waals surface area contributed by atoms with Crippen LogP contribution in [0.5, 0.6) is 11.5 Å². The zero-order valence-electron chi connectivity index (χ0n) is 32.7. The highest BCUT2D eigenvalue weighted by Gasteiger charge is 2.30. The molecule has 0 radical (unpaired) electrons. The Labute approximate surface area is 375 Å². The van der Waals surface area contributed by atoms with Gasteiger partial charge in [-0.1, -0.05) is 82.8 Å². The molecule has 0 unspecified atom stereocenters. The van der Waals surface area contributed by atoms with Gasteiger partial charge in [-0.05, 0) is 71.8 Å².